The van der Waals surface area contributed by atoms with Crippen LogP contribution in [0.15, 0.2) is 24.3 Å². The Kier molecular flexibility index (Phi) is 19.9. The molecule has 0 heterocycles. The van der Waals surface area contributed by atoms with Crippen molar-refractivity contribution >= 4 is 8.07 Å². The van der Waals surface area contributed by atoms with Gasteiger partial charge in [0.15, 0.2) is 0 Å². The van der Waals surface area contributed by atoms with Gasteiger partial charge in [0.05, 0.1) is 19.8 Å². The molecule has 0 aromatic heterocycles. The van der Waals surface area contributed by atoms with Crippen molar-refractivity contribution in [1.29, 1.82) is 0 Å². The monoisotopic (exact) mass is 454 g/mol. The normalized spacial score (nSPS) is 13.1. The van der Waals surface area contributed by atoms with Crippen LogP contribution in [0.3, 0.4) is 0 Å². The largest absolute Gasteiger partial charge is 0.396 e. The van der Waals surface area contributed by atoms with Crippen molar-refractivity contribution in [3.05, 3.63) is 24.3 Å². The Morgan fingerprint density at radius 3 is 1.84 bits per heavy atom. The van der Waals surface area contributed by atoms with Gasteiger partial charge in [-0.25, -0.2) is 0 Å². The summed E-state index contributed by atoms with van der Waals surface area (Å²) in [5.74, 6) is 0. The van der Waals surface area contributed by atoms with Gasteiger partial charge in [0.1, 0.15) is 0 Å². The Morgan fingerprint density at radius 1 is 0.742 bits per heavy atom. The molecule has 0 radical (unpaired) electrons. The van der Waals surface area contributed by atoms with E-state index in [1.165, 1.54) is 64.2 Å². The highest BCUT2D eigenvalue weighted by Crippen LogP contribution is 2.25. The molecule has 4 heteroatoms. The summed E-state index contributed by atoms with van der Waals surface area (Å²) in [4.78, 5) is 0. The molecule has 0 fully saturated rings. The average molecular weight is 455 g/mol. The van der Waals surface area contributed by atoms with Crippen LogP contribution in [-0.2, 0) is 4.74 Å². The predicted molar refractivity (Wildman–Crippen MR) is 140 cm³/mol. The van der Waals surface area contributed by atoms with Gasteiger partial charge in [-0.05, 0) is 44.6 Å². The lowest BCUT2D eigenvalue weighted by atomic mass is 9.85. The minimum Gasteiger partial charge on any atom is -0.396 e. The maximum absolute atomic E-state index is 9.82. The summed E-state index contributed by atoms with van der Waals surface area (Å²) >= 11 is 0. The number of hydrogen-bond donors (Lipinski definition) is 2. The second kappa shape index (κ2) is 20.2. The third-order valence-corrected chi connectivity index (χ3v) is 7.69. The molecular weight excluding hydrogens is 400 g/mol. The first-order valence-electron chi connectivity index (χ1n) is 13.0. The van der Waals surface area contributed by atoms with Gasteiger partial charge in [-0.3, -0.25) is 0 Å². The van der Waals surface area contributed by atoms with Gasteiger partial charge < -0.3 is 14.9 Å². The zero-order valence-corrected chi connectivity index (χ0v) is 22.3. The van der Waals surface area contributed by atoms with Crippen molar-refractivity contribution in [3.63, 3.8) is 0 Å². The van der Waals surface area contributed by atoms with Gasteiger partial charge in [0, 0.05) is 20.1 Å². The molecule has 0 saturated carbocycles. The summed E-state index contributed by atoms with van der Waals surface area (Å²) < 4.78 is 5.84. The quantitative estimate of drug-likeness (QED) is 0.101. The van der Waals surface area contributed by atoms with Crippen molar-refractivity contribution in [3.8, 4) is 0 Å². The molecule has 3 nitrogen and oxygen atoms in total. The van der Waals surface area contributed by atoms with Crippen molar-refractivity contribution in [2.75, 3.05) is 26.4 Å². The first-order valence-corrected chi connectivity index (χ1v) is 16.7. The highest BCUT2D eigenvalue weighted by molar-refractivity contribution is 6.76. The molecule has 0 aliphatic heterocycles. The molecule has 0 aromatic rings. The molecule has 0 atom stereocenters. The molecule has 0 spiro atoms. The molecule has 31 heavy (non-hydrogen) atoms. The summed E-state index contributed by atoms with van der Waals surface area (Å²) in [5.41, 5.74) is -0.464. The SMILES string of the molecule is CCCCC/C=C\C/C=C\CCCCCCCCC(CO)(CO)COCC[Si](C)(C)C. The number of ether oxygens (including phenoxy) is 1. The number of rotatable bonds is 22. The first kappa shape index (κ1) is 30.6. The predicted octanol–water partition coefficient (Wildman–Crippen LogP) is 7.52. The van der Waals surface area contributed by atoms with Gasteiger partial charge in [-0.1, -0.05) is 95.8 Å². The zero-order chi connectivity index (χ0) is 23.3. The van der Waals surface area contributed by atoms with Crippen LogP contribution in [0.2, 0.25) is 25.7 Å². The fourth-order valence-electron chi connectivity index (χ4n) is 3.53. The van der Waals surface area contributed by atoms with E-state index in [0.717, 1.165) is 31.9 Å². The molecule has 0 aliphatic carbocycles. The Morgan fingerprint density at radius 2 is 1.29 bits per heavy atom. The molecule has 0 unspecified atom stereocenters. The molecule has 0 rings (SSSR count). The fourth-order valence-corrected chi connectivity index (χ4v) is 4.28. The van der Waals surface area contributed by atoms with E-state index < -0.39 is 13.5 Å². The summed E-state index contributed by atoms with van der Waals surface area (Å²) in [6.45, 7) is 10.5. The number of allylic oxidation sites excluding steroid dienone is 4. The van der Waals surface area contributed by atoms with Gasteiger partial charge in [0.2, 0.25) is 0 Å². The van der Waals surface area contributed by atoms with Gasteiger partial charge in [-0.15, -0.1) is 0 Å². The molecular formula is C27H54O3Si. The standard InChI is InChI=1S/C27H54O3Si/c1-5-6-7-8-9-10-11-12-13-14-15-16-17-18-19-20-21-27(24-28,25-29)26-30-22-23-31(2,3)4/h9-10,12-13,28-29H,5-8,11,14-26H2,1-4H3/b10-9-,13-12-. The summed E-state index contributed by atoms with van der Waals surface area (Å²) in [6.07, 6.45) is 24.9. The van der Waals surface area contributed by atoms with Crippen LogP contribution < -0.4 is 0 Å². The Bertz CT molecular complexity index is 436. The Balaban J connectivity index is 3.70. The van der Waals surface area contributed by atoms with Crippen molar-refractivity contribution < 1.29 is 14.9 Å². The molecule has 0 saturated heterocycles. The second-order valence-electron chi connectivity index (χ2n) is 10.5. The van der Waals surface area contributed by atoms with E-state index >= 15 is 0 Å². The molecule has 184 valence electrons. The Hall–Kier alpha value is -0.423. The number of hydrogen-bond acceptors (Lipinski definition) is 3. The molecule has 0 amide bonds. The van der Waals surface area contributed by atoms with Gasteiger partial charge in [-0.2, -0.15) is 0 Å². The molecule has 0 aliphatic rings. The molecule has 0 bridgehead atoms. The van der Waals surface area contributed by atoms with Gasteiger partial charge >= 0.3 is 0 Å². The van der Waals surface area contributed by atoms with Crippen LogP contribution in [0.25, 0.3) is 0 Å². The van der Waals surface area contributed by atoms with Crippen LogP contribution >= 0.6 is 0 Å². The topological polar surface area (TPSA) is 49.7 Å². The van der Waals surface area contributed by atoms with Gasteiger partial charge in [0.25, 0.3) is 0 Å². The lowest BCUT2D eigenvalue weighted by molar-refractivity contribution is -0.0310. The molecule has 0 aromatic carbocycles. The van der Waals surface area contributed by atoms with E-state index in [1.807, 2.05) is 0 Å². The maximum Gasteiger partial charge on any atom is 0.0566 e. The van der Waals surface area contributed by atoms with E-state index in [1.54, 1.807) is 0 Å². The minimum absolute atomic E-state index is 0.0106. The summed E-state index contributed by atoms with van der Waals surface area (Å²) in [6, 6.07) is 1.13. The minimum atomic E-state index is -1.10. The number of unbranched alkanes of at least 4 members (excludes halogenated alkanes) is 9. The van der Waals surface area contributed by atoms with Crippen LogP contribution in [0.5, 0.6) is 0 Å². The third-order valence-electron chi connectivity index (χ3n) is 5.98. The zero-order valence-electron chi connectivity index (χ0n) is 21.3. The van der Waals surface area contributed by atoms with Crippen LogP contribution in [0.4, 0.5) is 0 Å². The first-order chi connectivity index (χ1) is 14.9. The summed E-state index contributed by atoms with van der Waals surface area (Å²) in [5, 5.41) is 19.6. The second-order valence-corrected chi connectivity index (χ2v) is 16.1. The fraction of sp³-hybridized carbons (Fsp3) is 0.852. The number of aliphatic hydroxyl groups excluding tert-OH is 2. The van der Waals surface area contributed by atoms with E-state index in [2.05, 4.69) is 50.9 Å². The number of aliphatic hydroxyl groups is 2. The van der Waals surface area contributed by atoms with Crippen molar-refractivity contribution in [2.24, 2.45) is 5.41 Å². The maximum atomic E-state index is 9.82. The Labute approximate surface area is 195 Å². The van der Waals surface area contributed by atoms with Crippen LogP contribution in [0, 0.1) is 5.41 Å². The summed E-state index contributed by atoms with van der Waals surface area (Å²) in [7, 11) is -1.10. The van der Waals surface area contributed by atoms with E-state index in [4.69, 9.17) is 4.74 Å². The third kappa shape index (κ3) is 20.0. The van der Waals surface area contributed by atoms with E-state index in [9.17, 15) is 10.2 Å². The van der Waals surface area contributed by atoms with E-state index in [-0.39, 0.29) is 13.2 Å². The smallest absolute Gasteiger partial charge is 0.0566 e. The van der Waals surface area contributed by atoms with Crippen molar-refractivity contribution in [1.82, 2.24) is 0 Å². The van der Waals surface area contributed by atoms with Crippen LogP contribution in [-0.4, -0.2) is 44.7 Å². The van der Waals surface area contributed by atoms with Crippen molar-refractivity contribution in [2.45, 2.75) is 116 Å². The lowest BCUT2D eigenvalue weighted by Crippen LogP contribution is -2.36. The highest BCUT2D eigenvalue weighted by Gasteiger charge is 2.29. The molecule has 2 N–H and O–H groups in total. The van der Waals surface area contributed by atoms with E-state index in [0.29, 0.717) is 6.61 Å². The highest BCUT2D eigenvalue weighted by atomic mass is 28.3. The average Bonchev–Trinajstić information content (AvgIpc) is 2.74. The van der Waals surface area contributed by atoms with Crippen LogP contribution in [0.1, 0.15) is 90.4 Å². The lowest BCUT2D eigenvalue weighted by Gasteiger charge is -2.30.